The first kappa shape index (κ1) is 22.4. The normalized spacial score (nSPS) is 18.3. The van der Waals surface area contributed by atoms with E-state index in [0.717, 1.165) is 42.6 Å². The molecule has 0 atom stereocenters. The molecule has 2 aromatic heterocycles. The van der Waals surface area contributed by atoms with Crippen LogP contribution in [-0.4, -0.2) is 31.6 Å². The zero-order valence-electron chi connectivity index (χ0n) is 18.9. The fraction of sp³-hybridized carbons (Fsp3) is 0.320. The average molecular weight is 477 g/mol. The molecule has 1 aliphatic carbocycles. The predicted octanol–water partition coefficient (Wildman–Crippen LogP) is 3.97. The van der Waals surface area contributed by atoms with E-state index in [9.17, 15) is 0 Å². The van der Waals surface area contributed by atoms with Gasteiger partial charge in [0.25, 0.3) is 0 Å². The topological polar surface area (TPSA) is 134 Å². The van der Waals surface area contributed by atoms with E-state index in [0.29, 0.717) is 46.6 Å². The van der Waals surface area contributed by atoms with Crippen LogP contribution < -0.4 is 22.5 Å². The minimum absolute atomic E-state index is 0.278. The van der Waals surface area contributed by atoms with Gasteiger partial charge in [0, 0.05) is 18.5 Å². The number of para-hydroxylation sites is 1. The Bertz CT molecular complexity index is 1300. The van der Waals surface area contributed by atoms with Crippen molar-refractivity contribution >= 4 is 40.2 Å². The zero-order valence-corrected chi connectivity index (χ0v) is 19.7. The van der Waals surface area contributed by atoms with Gasteiger partial charge in [0.05, 0.1) is 17.3 Å². The van der Waals surface area contributed by atoms with E-state index in [1.165, 1.54) is 0 Å². The number of nitrogen functional groups attached to an aromatic ring is 2. The number of aromatic nitrogens is 4. The van der Waals surface area contributed by atoms with Gasteiger partial charge in [-0.05, 0) is 42.9 Å². The number of benzene rings is 2. The van der Waals surface area contributed by atoms with Crippen LogP contribution in [0.1, 0.15) is 42.6 Å². The smallest absolute Gasteiger partial charge is 0.226 e. The summed E-state index contributed by atoms with van der Waals surface area (Å²) in [7, 11) is 0. The number of hydrogen-bond donors (Lipinski definition) is 4. The number of nitrogens with two attached hydrogens (primary N) is 3. The molecule has 0 radical (unpaired) electrons. The maximum Gasteiger partial charge on any atom is 0.226 e. The van der Waals surface area contributed by atoms with E-state index < -0.39 is 0 Å². The van der Waals surface area contributed by atoms with Gasteiger partial charge in [0.15, 0.2) is 17.0 Å². The van der Waals surface area contributed by atoms with Crippen molar-refractivity contribution in [3.05, 3.63) is 70.5 Å². The van der Waals surface area contributed by atoms with Crippen molar-refractivity contribution in [1.29, 1.82) is 0 Å². The molecule has 9 heteroatoms. The van der Waals surface area contributed by atoms with Gasteiger partial charge >= 0.3 is 0 Å². The number of fused-ring (bicyclic) bond motifs is 1. The molecule has 4 aromatic rings. The molecule has 2 heterocycles. The largest absolute Gasteiger partial charge is 0.397 e. The molecule has 1 saturated carbocycles. The van der Waals surface area contributed by atoms with Crippen molar-refractivity contribution < 1.29 is 0 Å². The van der Waals surface area contributed by atoms with Crippen molar-refractivity contribution in [2.45, 2.75) is 50.7 Å². The van der Waals surface area contributed by atoms with Crippen LogP contribution in [0.2, 0.25) is 5.02 Å². The Balaban J connectivity index is 1.55. The Morgan fingerprint density at radius 3 is 2.47 bits per heavy atom. The third-order valence-corrected chi connectivity index (χ3v) is 6.81. The molecule has 0 amide bonds. The van der Waals surface area contributed by atoms with E-state index in [1.807, 2.05) is 30.3 Å². The summed E-state index contributed by atoms with van der Waals surface area (Å²) in [6, 6.07) is 16.4. The van der Waals surface area contributed by atoms with Crippen molar-refractivity contribution in [1.82, 2.24) is 19.5 Å². The quantitative estimate of drug-likeness (QED) is 0.309. The standard InChI is InChI=1S/C25H29ClN8/c26-19-8-4-7-16(21(19)28)13-20-31-22-23(29)32-25(30-18-11-9-17(27)10-12-18)33-24(22)34(20)14-15-5-2-1-3-6-15/h1-8,17-18H,9-14,27-28H2,(H3,29,30,32,33). The lowest BCUT2D eigenvalue weighted by Gasteiger charge is -2.26. The van der Waals surface area contributed by atoms with Crippen LogP contribution in [0.5, 0.6) is 0 Å². The summed E-state index contributed by atoms with van der Waals surface area (Å²) in [4.78, 5) is 14.2. The Morgan fingerprint density at radius 2 is 1.71 bits per heavy atom. The Hall–Kier alpha value is -3.36. The third-order valence-electron chi connectivity index (χ3n) is 6.48. The minimum atomic E-state index is 0.278. The second-order valence-electron chi connectivity index (χ2n) is 8.95. The van der Waals surface area contributed by atoms with Crippen LogP contribution in [0, 0.1) is 0 Å². The Morgan fingerprint density at radius 1 is 0.941 bits per heavy atom. The van der Waals surface area contributed by atoms with Crippen LogP contribution in [0.3, 0.4) is 0 Å². The second kappa shape index (κ2) is 9.48. The number of anilines is 3. The first-order valence-electron chi connectivity index (χ1n) is 11.6. The van der Waals surface area contributed by atoms with Crippen molar-refractivity contribution in [3.8, 4) is 0 Å². The van der Waals surface area contributed by atoms with Gasteiger partial charge in [-0.25, -0.2) is 4.98 Å². The van der Waals surface area contributed by atoms with Crippen molar-refractivity contribution in [3.63, 3.8) is 0 Å². The highest BCUT2D eigenvalue weighted by Crippen LogP contribution is 2.28. The third kappa shape index (κ3) is 4.64. The van der Waals surface area contributed by atoms with Crippen LogP contribution in [0.25, 0.3) is 11.2 Å². The molecule has 0 saturated heterocycles. The van der Waals surface area contributed by atoms with Crippen LogP contribution in [0.15, 0.2) is 48.5 Å². The van der Waals surface area contributed by atoms with Gasteiger partial charge < -0.3 is 27.1 Å². The number of nitrogens with one attached hydrogen (secondary N) is 1. The fourth-order valence-electron chi connectivity index (χ4n) is 4.55. The van der Waals surface area contributed by atoms with Crippen molar-refractivity contribution in [2.75, 3.05) is 16.8 Å². The van der Waals surface area contributed by atoms with Crippen LogP contribution in [0.4, 0.5) is 17.5 Å². The van der Waals surface area contributed by atoms with E-state index >= 15 is 0 Å². The number of hydrogen-bond acceptors (Lipinski definition) is 7. The molecule has 5 rings (SSSR count). The maximum atomic E-state index is 6.37. The summed E-state index contributed by atoms with van der Waals surface area (Å²) in [5.41, 5.74) is 22.6. The summed E-state index contributed by atoms with van der Waals surface area (Å²) in [6.45, 7) is 0.599. The highest BCUT2D eigenvalue weighted by Gasteiger charge is 2.22. The van der Waals surface area contributed by atoms with Gasteiger partial charge in [0.1, 0.15) is 5.82 Å². The van der Waals surface area contributed by atoms with E-state index in [4.69, 9.17) is 38.8 Å². The van der Waals surface area contributed by atoms with E-state index in [2.05, 4.69) is 27.0 Å². The molecular weight excluding hydrogens is 448 g/mol. The van der Waals surface area contributed by atoms with Gasteiger partial charge in [-0.2, -0.15) is 9.97 Å². The Kier molecular flexibility index (Phi) is 6.26. The SMILES string of the molecule is Nc1c(Cl)cccc1Cc1nc2c(N)nc(NC3CCC(N)CC3)nc2n1Cc1ccccc1. The first-order chi connectivity index (χ1) is 16.5. The molecule has 0 aliphatic heterocycles. The number of imidazole rings is 1. The van der Waals surface area contributed by atoms with Gasteiger partial charge in [-0.1, -0.05) is 54.1 Å². The van der Waals surface area contributed by atoms with E-state index in [-0.39, 0.29) is 12.1 Å². The lowest BCUT2D eigenvalue weighted by atomic mass is 9.92. The molecule has 0 spiro atoms. The molecular formula is C25H29ClN8. The molecule has 34 heavy (non-hydrogen) atoms. The molecule has 7 N–H and O–H groups in total. The lowest BCUT2D eigenvalue weighted by Crippen LogP contribution is -2.33. The van der Waals surface area contributed by atoms with Gasteiger partial charge in [-0.15, -0.1) is 0 Å². The summed E-state index contributed by atoms with van der Waals surface area (Å²) >= 11 is 6.27. The fourth-order valence-corrected chi connectivity index (χ4v) is 4.75. The summed E-state index contributed by atoms with van der Waals surface area (Å²) < 4.78 is 2.09. The monoisotopic (exact) mass is 476 g/mol. The highest BCUT2D eigenvalue weighted by atomic mass is 35.5. The first-order valence-corrected chi connectivity index (χ1v) is 12.0. The van der Waals surface area contributed by atoms with E-state index in [1.54, 1.807) is 6.07 Å². The minimum Gasteiger partial charge on any atom is -0.397 e. The average Bonchev–Trinajstić information content (AvgIpc) is 3.17. The molecule has 8 nitrogen and oxygen atoms in total. The van der Waals surface area contributed by atoms with Crippen LogP contribution >= 0.6 is 11.6 Å². The Labute approximate surface area is 203 Å². The summed E-state index contributed by atoms with van der Waals surface area (Å²) in [6.07, 6.45) is 4.47. The molecule has 2 aromatic carbocycles. The maximum absolute atomic E-state index is 6.37. The highest BCUT2D eigenvalue weighted by molar-refractivity contribution is 6.33. The van der Waals surface area contributed by atoms with Gasteiger partial charge in [0.2, 0.25) is 5.95 Å². The molecule has 0 bridgehead atoms. The molecule has 1 fully saturated rings. The molecule has 1 aliphatic rings. The summed E-state index contributed by atoms with van der Waals surface area (Å²) in [5.74, 6) is 1.68. The predicted molar refractivity (Wildman–Crippen MR) is 138 cm³/mol. The summed E-state index contributed by atoms with van der Waals surface area (Å²) in [5, 5.41) is 3.99. The van der Waals surface area contributed by atoms with Crippen LogP contribution in [-0.2, 0) is 13.0 Å². The molecule has 0 unspecified atom stereocenters. The number of halogens is 1. The van der Waals surface area contributed by atoms with Gasteiger partial charge in [-0.3, -0.25) is 0 Å². The number of rotatable bonds is 6. The molecule has 176 valence electrons. The van der Waals surface area contributed by atoms with Crippen molar-refractivity contribution in [2.24, 2.45) is 5.73 Å². The zero-order chi connectivity index (χ0) is 23.7. The second-order valence-corrected chi connectivity index (χ2v) is 9.36. The lowest BCUT2D eigenvalue weighted by molar-refractivity contribution is 0.410. The number of nitrogens with zero attached hydrogens (tertiary/aromatic N) is 4.